The van der Waals surface area contributed by atoms with Crippen LogP contribution in [-0.4, -0.2) is 36.7 Å². The number of amides is 2. The van der Waals surface area contributed by atoms with Crippen molar-refractivity contribution in [2.45, 2.75) is 31.8 Å². The number of carbonyl (C=O) groups excluding carboxylic acids is 1. The largest absolute Gasteiger partial charge is 0.338 e. The first-order valence-corrected chi connectivity index (χ1v) is 5.16. The van der Waals surface area contributed by atoms with Crippen molar-refractivity contribution in [3.8, 4) is 0 Å². The number of hydrogen-bond donors (Lipinski definition) is 2. The Labute approximate surface area is 78.7 Å². The first-order chi connectivity index (χ1) is 6.38. The average Bonchev–Trinajstić information content (AvgIpc) is 2.20. The summed E-state index contributed by atoms with van der Waals surface area (Å²) in [6.07, 6.45) is 4.94. The highest BCUT2D eigenvalue weighted by Gasteiger charge is 2.26. The summed E-state index contributed by atoms with van der Waals surface area (Å²) in [6.45, 7) is 2.79. The Kier molecular flexibility index (Phi) is 2.68. The molecule has 1 unspecified atom stereocenters. The number of hydrogen-bond acceptors (Lipinski definition) is 2. The molecule has 13 heavy (non-hydrogen) atoms. The maximum absolute atomic E-state index is 11.5. The molecule has 1 atom stereocenters. The molecule has 0 aromatic carbocycles. The van der Waals surface area contributed by atoms with Crippen molar-refractivity contribution < 1.29 is 4.79 Å². The van der Waals surface area contributed by atoms with Gasteiger partial charge in [-0.3, -0.25) is 5.32 Å². The van der Waals surface area contributed by atoms with Crippen LogP contribution in [0.3, 0.4) is 0 Å². The highest BCUT2D eigenvalue weighted by molar-refractivity contribution is 5.75. The molecule has 2 N–H and O–H groups in total. The number of nitrogens with zero attached hydrogens (tertiary/aromatic N) is 1. The lowest BCUT2D eigenvalue weighted by atomic mass is 10.1. The van der Waals surface area contributed by atoms with Crippen molar-refractivity contribution in [3.63, 3.8) is 0 Å². The molecule has 2 aliphatic rings. The fraction of sp³-hybridized carbons (Fsp3) is 0.889. The molecule has 2 saturated heterocycles. The Balaban J connectivity index is 1.92. The lowest BCUT2D eigenvalue weighted by molar-refractivity contribution is 0.132. The number of rotatable bonds is 1. The molecule has 74 valence electrons. The zero-order chi connectivity index (χ0) is 9.10. The molecule has 0 saturated carbocycles. The zero-order valence-electron chi connectivity index (χ0n) is 7.88. The summed E-state index contributed by atoms with van der Waals surface area (Å²) in [5.41, 5.74) is 0. The van der Waals surface area contributed by atoms with E-state index in [0.717, 1.165) is 32.5 Å². The Hall–Kier alpha value is -0.770. The summed E-state index contributed by atoms with van der Waals surface area (Å²) in [7, 11) is 0. The van der Waals surface area contributed by atoms with Gasteiger partial charge in [0.1, 0.15) is 0 Å². The third-order valence-corrected chi connectivity index (χ3v) is 2.77. The van der Waals surface area contributed by atoms with E-state index in [-0.39, 0.29) is 12.2 Å². The fourth-order valence-corrected chi connectivity index (χ4v) is 2.04. The maximum Gasteiger partial charge on any atom is 0.318 e. The van der Waals surface area contributed by atoms with Crippen LogP contribution in [0.1, 0.15) is 25.7 Å². The summed E-state index contributed by atoms with van der Waals surface area (Å²) in [5, 5.41) is 6.26. The van der Waals surface area contributed by atoms with Crippen molar-refractivity contribution in [2.24, 2.45) is 0 Å². The van der Waals surface area contributed by atoms with Crippen LogP contribution in [0.4, 0.5) is 4.79 Å². The van der Waals surface area contributed by atoms with E-state index >= 15 is 0 Å². The van der Waals surface area contributed by atoms with Gasteiger partial charge in [0.25, 0.3) is 0 Å². The molecule has 0 spiro atoms. The lowest BCUT2D eigenvalue weighted by Crippen LogP contribution is -2.57. The molecule has 2 rings (SSSR count). The molecule has 4 heteroatoms. The predicted octanol–water partition coefficient (Wildman–Crippen LogP) is 0.501. The van der Waals surface area contributed by atoms with E-state index in [0.29, 0.717) is 0 Å². The van der Waals surface area contributed by atoms with Crippen molar-refractivity contribution in [2.75, 3.05) is 19.6 Å². The van der Waals surface area contributed by atoms with Gasteiger partial charge in [-0.2, -0.15) is 0 Å². The van der Waals surface area contributed by atoms with Crippen molar-refractivity contribution in [1.29, 1.82) is 0 Å². The Morgan fingerprint density at radius 3 is 2.85 bits per heavy atom. The van der Waals surface area contributed by atoms with E-state index in [4.69, 9.17) is 0 Å². The molecule has 2 fully saturated rings. The van der Waals surface area contributed by atoms with E-state index in [2.05, 4.69) is 10.6 Å². The van der Waals surface area contributed by atoms with Gasteiger partial charge >= 0.3 is 6.03 Å². The second-order valence-electron chi connectivity index (χ2n) is 3.74. The number of urea groups is 1. The van der Waals surface area contributed by atoms with Crippen LogP contribution in [0.2, 0.25) is 0 Å². The van der Waals surface area contributed by atoms with Crippen LogP contribution >= 0.6 is 0 Å². The van der Waals surface area contributed by atoms with Crippen LogP contribution in [0.15, 0.2) is 0 Å². The second-order valence-corrected chi connectivity index (χ2v) is 3.74. The summed E-state index contributed by atoms with van der Waals surface area (Å²) in [4.78, 5) is 13.4. The van der Waals surface area contributed by atoms with Gasteiger partial charge in [0.15, 0.2) is 0 Å². The standard InChI is InChI=1S/C9H17N3O/c13-9-11-6-3-7-12(9)8-4-1-2-5-10-8/h8,10H,1-7H2,(H,11,13). The number of carbonyl (C=O) groups is 1. The smallest absolute Gasteiger partial charge is 0.318 e. The molecule has 0 radical (unpaired) electrons. The van der Waals surface area contributed by atoms with Crippen molar-refractivity contribution in [1.82, 2.24) is 15.5 Å². The number of nitrogens with one attached hydrogen (secondary N) is 2. The Bertz CT molecular complexity index is 189. The molecular weight excluding hydrogens is 166 g/mol. The molecular formula is C9H17N3O. The van der Waals surface area contributed by atoms with Crippen LogP contribution in [0, 0.1) is 0 Å². The fourth-order valence-electron chi connectivity index (χ4n) is 2.04. The average molecular weight is 183 g/mol. The molecule has 2 heterocycles. The number of piperidine rings is 1. The van der Waals surface area contributed by atoms with Gasteiger partial charge in [0.2, 0.25) is 0 Å². The van der Waals surface area contributed by atoms with Gasteiger partial charge in [0, 0.05) is 13.1 Å². The minimum Gasteiger partial charge on any atom is -0.338 e. The second kappa shape index (κ2) is 3.96. The topological polar surface area (TPSA) is 44.4 Å². The third kappa shape index (κ3) is 1.94. The van der Waals surface area contributed by atoms with E-state index in [1.54, 1.807) is 0 Å². The summed E-state index contributed by atoms with van der Waals surface area (Å²) >= 11 is 0. The van der Waals surface area contributed by atoms with Crippen molar-refractivity contribution in [3.05, 3.63) is 0 Å². The first-order valence-electron chi connectivity index (χ1n) is 5.16. The van der Waals surface area contributed by atoms with Gasteiger partial charge in [0.05, 0.1) is 6.17 Å². The molecule has 0 aliphatic carbocycles. The van der Waals surface area contributed by atoms with Gasteiger partial charge < -0.3 is 10.2 Å². The monoisotopic (exact) mass is 183 g/mol. The Morgan fingerprint density at radius 1 is 1.23 bits per heavy atom. The molecule has 0 aromatic heterocycles. The third-order valence-electron chi connectivity index (χ3n) is 2.77. The van der Waals surface area contributed by atoms with E-state index in [1.165, 1.54) is 12.8 Å². The molecule has 0 aromatic rings. The van der Waals surface area contributed by atoms with E-state index < -0.39 is 0 Å². The maximum atomic E-state index is 11.5. The molecule has 4 nitrogen and oxygen atoms in total. The van der Waals surface area contributed by atoms with Crippen molar-refractivity contribution >= 4 is 6.03 Å². The molecule has 2 amide bonds. The normalized spacial score (nSPS) is 30.0. The highest BCUT2D eigenvalue weighted by atomic mass is 16.2. The van der Waals surface area contributed by atoms with Gasteiger partial charge in [-0.15, -0.1) is 0 Å². The highest BCUT2D eigenvalue weighted by Crippen LogP contribution is 2.13. The SMILES string of the molecule is O=C1NCCCN1C1CCCCN1. The predicted molar refractivity (Wildman–Crippen MR) is 50.4 cm³/mol. The van der Waals surface area contributed by atoms with Gasteiger partial charge in [-0.25, -0.2) is 4.79 Å². The van der Waals surface area contributed by atoms with Gasteiger partial charge in [-0.05, 0) is 32.2 Å². The lowest BCUT2D eigenvalue weighted by Gasteiger charge is -2.37. The summed E-state index contributed by atoms with van der Waals surface area (Å²) in [6, 6.07) is 0.102. The van der Waals surface area contributed by atoms with Crippen LogP contribution in [0.5, 0.6) is 0 Å². The summed E-state index contributed by atoms with van der Waals surface area (Å²) < 4.78 is 0. The quantitative estimate of drug-likeness (QED) is 0.622. The van der Waals surface area contributed by atoms with E-state index in [9.17, 15) is 4.79 Å². The summed E-state index contributed by atoms with van der Waals surface area (Å²) in [5.74, 6) is 0. The van der Waals surface area contributed by atoms with Crippen LogP contribution in [0.25, 0.3) is 0 Å². The van der Waals surface area contributed by atoms with Crippen LogP contribution in [-0.2, 0) is 0 Å². The minimum absolute atomic E-state index is 0.102. The van der Waals surface area contributed by atoms with Crippen LogP contribution < -0.4 is 10.6 Å². The molecule has 0 bridgehead atoms. The Morgan fingerprint density at radius 2 is 2.15 bits per heavy atom. The first kappa shape index (κ1) is 8.81. The van der Waals surface area contributed by atoms with E-state index in [1.807, 2.05) is 4.90 Å². The minimum atomic E-state index is 0.102. The molecule has 2 aliphatic heterocycles. The zero-order valence-corrected chi connectivity index (χ0v) is 7.88. The van der Waals surface area contributed by atoms with Gasteiger partial charge in [-0.1, -0.05) is 0 Å².